The van der Waals surface area contributed by atoms with E-state index in [-0.39, 0.29) is 5.78 Å². The second-order valence-corrected chi connectivity index (χ2v) is 6.39. The molecule has 2 heteroatoms. The predicted molar refractivity (Wildman–Crippen MR) is 85.8 cm³/mol. The number of fused-ring (bicyclic) bond motifs is 1. The third-order valence-corrected chi connectivity index (χ3v) is 4.81. The smallest absolute Gasteiger partial charge is 0.177 e. The fraction of sp³-hybridized carbons (Fsp3) is 0.167. The number of rotatable bonds is 3. The van der Waals surface area contributed by atoms with E-state index < -0.39 is 0 Å². The minimum Gasteiger partial charge on any atom is -0.293 e. The van der Waals surface area contributed by atoms with Gasteiger partial charge in [-0.2, -0.15) is 0 Å². The van der Waals surface area contributed by atoms with Crippen molar-refractivity contribution in [1.82, 2.24) is 0 Å². The van der Waals surface area contributed by atoms with E-state index in [1.165, 1.54) is 21.2 Å². The molecule has 1 aromatic heterocycles. The number of benzene rings is 2. The van der Waals surface area contributed by atoms with Gasteiger partial charge in [0.25, 0.3) is 0 Å². The third kappa shape index (κ3) is 2.52. The molecule has 3 rings (SSSR count). The van der Waals surface area contributed by atoms with E-state index in [0.29, 0.717) is 6.42 Å². The lowest BCUT2D eigenvalue weighted by Crippen LogP contribution is -2.01. The number of Topliss-reactive ketones (excluding diaryl/α,β-unsaturated/α-hetero) is 1. The number of carbonyl (C=O) groups is 1. The Bertz CT molecular complexity index is 763. The molecule has 0 unspecified atom stereocenters. The molecule has 0 spiro atoms. The van der Waals surface area contributed by atoms with Crippen molar-refractivity contribution >= 4 is 27.9 Å². The van der Waals surface area contributed by atoms with Crippen LogP contribution < -0.4 is 0 Å². The van der Waals surface area contributed by atoms with Gasteiger partial charge in [-0.1, -0.05) is 42.5 Å². The summed E-state index contributed by atoms with van der Waals surface area (Å²) >= 11 is 1.60. The molecule has 100 valence electrons. The molecule has 3 aromatic rings. The first kappa shape index (κ1) is 13.1. The van der Waals surface area contributed by atoms with Gasteiger partial charge in [-0.15, -0.1) is 11.3 Å². The lowest BCUT2D eigenvalue weighted by atomic mass is 10.0. The van der Waals surface area contributed by atoms with Gasteiger partial charge < -0.3 is 0 Å². The Morgan fingerprint density at radius 1 is 1.00 bits per heavy atom. The molecule has 0 radical (unpaired) electrons. The maximum Gasteiger partial charge on any atom is 0.177 e. The quantitative estimate of drug-likeness (QED) is 0.621. The van der Waals surface area contributed by atoms with Crippen LogP contribution in [0.3, 0.4) is 0 Å². The summed E-state index contributed by atoms with van der Waals surface area (Å²) in [5.41, 5.74) is 2.29. The Morgan fingerprint density at radius 2 is 1.75 bits per heavy atom. The van der Waals surface area contributed by atoms with Gasteiger partial charge >= 0.3 is 0 Å². The standard InChI is InChI=1S/C18H16OS/c1-12-9-18(20-13(12)2)17(19)11-14-7-8-15-5-3-4-6-16(15)10-14/h3-10H,11H2,1-2H3. The summed E-state index contributed by atoms with van der Waals surface area (Å²) in [4.78, 5) is 14.4. The number of thiophene rings is 1. The topological polar surface area (TPSA) is 17.1 Å². The minimum absolute atomic E-state index is 0.210. The molecule has 20 heavy (non-hydrogen) atoms. The Balaban J connectivity index is 1.87. The van der Waals surface area contributed by atoms with E-state index in [1.54, 1.807) is 11.3 Å². The summed E-state index contributed by atoms with van der Waals surface area (Å²) in [7, 11) is 0. The molecule has 0 saturated heterocycles. The van der Waals surface area contributed by atoms with Crippen LogP contribution in [0.25, 0.3) is 10.8 Å². The van der Waals surface area contributed by atoms with Crippen LogP contribution in [-0.2, 0) is 6.42 Å². The fourth-order valence-corrected chi connectivity index (χ4v) is 3.30. The lowest BCUT2D eigenvalue weighted by Gasteiger charge is -2.02. The molecule has 0 aliphatic rings. The molecule has 1 heterocycles. The SMILES string of the molecule is Cc1cc(C(=O)Cc2ccc3ccccc3c2)sc1C. The van der Waals surface area contributed by atoms with Gasteiger partial charge in [0, 0.05) is 11.3 Å². The summed E-state index contributed by atoms with van der Waals surface area (Å²) in [5.74, 6) is 0.210. The van der Waals surface area contributed by atoms with Crippen molar-refractivity contribution in [2.45, 2.75) is 20.3 Å². The highest BCUT2D eigenvalue weighted by Gasteiger charge is 2.11. The van der Waals surface area contributed by atoms with Gasteiger partial charge in [-0.3, -0.25) is 4.79 Å². The first-order valence-electron chi connectivity index (χ1n) is 6.71. The van der Waals surface area contributed by atoms with Gasteiger partial charge in [0.15, 0.2) is 5.78 Å². The van der Waals surface area contributed by atoms with Gasteiger partial charge in [0.2, 0.25) is 0 Å². The van der Waals surface area contributed by atoms with E-state index in [2.05, 4.69) is 38.1 Å². The van der Waals surface area contributed by atoms with Crippen LogP contribution in [0.2, 0.25) is 0 Å². The van der Waals surface area contributed by atoms with E-state index in [9.17, 15) is 4.79 Å². The summed E-state index contributed by atoms with van der Waals surface area (Å²) in [5, 5.41) is 2.41. The largest absolute Gasteiger partial charge is 0.293 e. The lowest BCUT2D eigenvalue weighted by molar-refractivity contribution is 0.0997. The van der Waals surface area contributed by atoms with Crippen molar-refractivity contribution in [3.05, 3.63) is 69.4 Å². The molecule has 0 saturated carbocycles. The Hall–Kier alpha value is -1.93. The summed E-state index contributed by atoms with van der Waals surface area (Å²) in [6.45, 7) is 4.12. The van der Waals surface area contributed by atoms with Crippen LogP contribution in [0, 0.1) is 13.8 Å². The Morgan fingerprint density at radius 3 is 2.45 bits per heavy atom. The Kier molecular flexibility index (Phi) is 3.41. The van der Waals surface area contributed by atoms with Crippen LogP contribution in [0.1, 0.15) is 25.7 Å². The van der Waals surface area contributed by atoms with E-state index in [1.807, 2.05) is 24.3 Å². The van der Waals surface area contributed by atoms with Crippen molar-refractivity contribution in [2.75, 3.05) is 0 Å². The average Bonchev–Trinajstić information content (AvgIpc) is 2.79. The van der Waals surface area contributed by atoms with Crippen LogP contribution in [0.15, 0.2) is 48.5 Å². The van der Waals surface area contributed by atoms with Crippen LogP contribution in [-0.4, -0.2) is 5.78 Å². The average molecular weight is 280 g/mol. The zero-order valence-electron chi connectivity index (χ0n) is 11.6. The number of ketones is 1. The van der Waals surface area contributed by atoms with Crippen LogP contribution >= 0.6 is 11.3 Å². The zero-order chi connectivity index (χ0) is 14.1. The fourth-order valence-electron chi connectivity index (χ4n) is 2.33. The summed E-state index contributed by atoms with van der Waals surface area (Å²) in [6, 6.07) is 16.5. The van der Waals surface area contributed by atoms with Crippen LogP contribution in [0.5, 0.6) is 0 Å². The normalized spacial score (nSPS) is 10.9. The van der Waals surface area contributed by atoms with Gasteiger partial charge in [0.1, 0.15) is 0 Å². The van der Waals surface area contributed by atoms with Crippen molar-refractivity contribution in [3.63, 3.8) is 0 Å². The number of aryl methyl sites for hydroxylation is 2. The first-order chi connectivity index (χ1) is 9.63. The van der Waals surface area contributed by atoms with Gasteiger partial charge in [-0.25, -0.2) is 0 Å². The molecule has 0 bridgehead atoms. The molecule has 0 N–H and O–H groups in total. The molecule has 0 aliphatic carbocycles. The van der Waals surface area contributed by atoms with Crippen LogP contribution in [0.4, 0.5) is 0 Å². The van der Waals surface area contributed by atoms with Crippen molar-refractivity contribution in [2.24, 2.45) is 0 Å². The first-order valence-corrected chi connectivity index (χ1v) is 7.53. The van der Waals surface area contributed by atoms with Gasteiger partial charge in [-0.05, 0) is 41.8 Å². The Labute approximate surface area is 122 Å². The molecular formula is C18H16OS. The molecular weight excluding hydrogens is 264 g/mol. The maximum atomic E-state index is 12.3. The molecule has 1 nitrogen and oxygen atoms in total. The predicted octanol–water partition coefficient (Wildman–Crippen LogP) is 4.94. The van der Waals surface area contributed by atoms with Crippen molar-refractivity contribution in [1.29, 1.82) is 0 Å². The van der Waals surface area contributed by atoms with E-state index in [0.717, 1.165) is 10.4 Å². The molecule has 2 aromatic carbocycles. The number of hydrogen-bond donors (Lipinski definition) is 0. The highest BCUT2D eigenvalue weighted by molar-refractivity contribution is 7.14. The van der Waals surface area contributed by atoms with Crippen molar-refractivity contribution in [3.8, 4) is 0 Å². The molecule has 0 atom stereocenters. The zero-order valence-corrected chi connectivity index (χ0v) is 12.5. The third-order valence-electron chi connectivity index (χ3n) is 3.62. The minimum atomic E-state index is 0.210. The maximum absolute atomic E-state index is 12.3. The second-order valence-electron chi connectivity index (χ2n) is 5.13. The number of carbonyl (C=O) groups excluding carboxylic acids is 1. The monoisotopic (exact) mass is 280 g/mol. The summed E-state index contributed by atoms with van der Waals surface area (Å²) < 4.78 is 0. The van der Waals surface area contributed by atoms with E-state index >= 15 is 0 Å². The number of hydrogen-bond acceptors (Lipinski definition) is 2. The molecule has 0 aliphatic heterocycles. The second kappa shape index (κ2) is 5.22. The molecule has 0 fully saturated rings. The van der Waals surface area contributed by atoms with Crippen molar-refractivity contribution < 1.29 is 4.79 Å². The highest BCUT2D eigenvalue weighted by atomic mass is 32.1. The highest BCUT2D eigenvalue weighted by Crippen LogP contribution is 2.23. The summed E-state index contributed by atoms with van der Waals surface area (Å²) in [6.07, 6.45) is 0.476. The van der Waals surface area contributed by atoms with E-state index in [4.69, 9.17) is 0 Å². The van der Waals surface area contributed by atoms with Gasteiger partial charge in [0.05, 0.1) is 4.88 Å². The molecule has 0 amide bonds.